The van der Waals surface area contributed by atoms with E-state index in [4.69, 9.17) is 5.26 Å². The summed E-state index contributed by atoms with van der Waals surface area (Å²) >= 11 is 0. The molecule has 124 valence electrons. The van der Waals surface area contributed by atoms with Crippen molar-refractivity contribution in [1.82, 2.24) is 9.47 Å². The highest BCUT2D eigenvalue weighted by Crippen LogP contribution is 2.25. The summed E-state index contributed by atoms with van der Waals surface area (Å²) in [6.45, 7) is 2.08. The first-order valence-electron chi connectivity index (χ1n) is 8.59. The van der Waals surface area contributed by atoms with Crippen molar-refractivity contribution in [2.45, 2.75) is 25.9 Å². The maximum atomic E-state index is 13.1. The van der Waals surface area contributed by atoms with E-state index in [2.05, 4.69) is 16.7 Å². The van der Waals surface area contributed by atoms with Crippen LogP contribution in [0.1, 0.15) is 28.0 Å². The number of benzene rings is 2. The van der Waals surface area contributed by atoms with Crippen molar-refractivity contribution in [2.75, 3.05) is 6.54 Å². The van der Waals surface area contributed by atoms with Crippen molar-refractivity contribution in [3.8, 4) is 6.07 Å². The van der Waals surface area contributed by atoms with Crippen molar-refractivity contribution < 1.29 is 4.79 Å². The minimum absolute atomic E-state index is 0.0900. The summed E-state index contributed by atoms with van der Waals surface area (Å²) in [4.78, 5) is 15.0. The molecule has 0 saturated carbocycles. The Morgan fingerprint density at radius 1 is 1.12 bits per heavy atom. The molecular formula is C21H19N3O. The molecular weight excluding hydrogens is 310 g/mol. The number of carbonyl (C=O) groups excluding carboxylic acids is 1. The standard InChI is InChI=1S/C21H19N3O/c22-11-4-12-23-13-9-17-15-24(14-10-20(17)23)21(25)19-8-3-6-16-5-1-2-7-18(16)19/h1-3,5-9,13H,4,10,12,14-15H2. The molecule has 1 aliphatic rings. The monoisotopic (exact) mass is 329 g/mol. The first kappa shape index (κ1) is 15.5. The van der Waals surface area contributed by atoms with Gasteiger partial charge in [-0.05, 0) is 28.5 Å². The van der Waals surface area contributed by atoms with Crippen LogP contribution in [-0.2, 0) is 19.5 Å². The summed E-state index contributed by atoms with van der Waals surface area (Å²) in [5.74, 6) is 0.0900. The third kappa shape index (κ3) is 2.78. The Balaban J connectivity index is 1.60. The smallest absolute Gasteiger partial charge is 0.254 e. The third-order valence-electron chi connectivity index (χ3n) is 4.92. The molecule has 1 aromatic heterocycles. The molecule has 3 aromatic rings. The van der Waals surface area contributed by atoms with Gasteiger partial charge in [0.05, 0.1) is 12.5 Å². The molecule has 2 heterocycles. The summed E-state index contributed by atoms with van der Waals surface area (Å²) in [5.41, 5.74) is 3.22. The van der Waals surface area contributed by atoms with E-state index in [1.165, 1.54) is 11.3 Å². The molecule has 0 aliphatic carbocycles. The van der Waals surface area contributed by atoms with Crippen LogP contribution in [0.3, 0.4) is 0 Å². The lowest BCUT2D eigenvalue weighted by Crippen LogP contribution is -2.36. The fourth-order valence-corrected chi connectivity index (χ4v) is 3.66. The predicted octanol–water partition coefficient (Wildman–Crippen LogP) is 3.75. The molecule has 4 nitrogen and oxygen atoms in total. The van der Waals surface area contributed by atoms with Crippen molar-refractivity contribution in [1.29, 1.82) is 5.26 Å². The number of hydrogen-bond acceptors (Lipinski definition) is 2. The topological polar surface area (TPSA) is 49.0 Å². The normalized spacial score (nSPS) is 13.5. The van der Waals surface area contributed by atoms with Crippen LogP contribution >= 0.6 is 0 Å². The zero-order valence-electron chi connectivity index (χ0n) is 14.0. The lowest BCUT2D eigenvalue weighted by atomic mass is 10.0. The molecule has 1 aliphatic heterocycles. The summed E-state index contributed by atoms with van der Waals surface area (Å²) < 4.78 is 2.15. The number of hydrogen-bond donors (Lipinski definition) is 0. The van der Waals surface area contributed by atoms with E-state index < -0.39 is 0 Å². The molecule has 25 heavy (non-hydrogen) atoms. The van der Waals surface area contributed by atoms with Gasteiger partial charge in [-0.3, -0.25) is 4.79 Å². The Bertz CT molecular complexity index is 975. The van der Waals surface area contributed by atoms with Gasteiger partial charge in [0.2, 0.25) is 0 Å². The number of nitriles is 1. The average molecular weight is 329 g/mol. The first-order valence-corrected chi connectivity index (χ1v) is 8.59. The van der Waals surface area contributed by atoms with Gasteiger partial charge in [0, 0.05) is 43.5 Å². The second-order valence-corrected chi connectivity index (χ2v) is 6.39. The van der Waals surface area contributed by atoms with Crippen LogP contribution in [0.15, 0.2) is 54.7 Å². The number of aryl methyl sites for hydroxylation is 1. The molecule has 0 atom stereocenters. The molecule has 0 spiro atoms. The van der Waals surface area contributed by atoms with Gasteiger partial charge in [0.25, 0.3) is 5.91 Å². The Morgan fingerprint density at radius 3 is 2.84 bits per heavy atom. The maximum absolute atomic E-state index is 13.1. The summed E-state index contributed by atoms with van der Waals surface area (Å²) in [6, 6.07) is 18.2. The summed E-state index contributed by atoms with van der Waals surface area (Å²) in [5, 5.41) is 10.9. The molecule has 4 heteroatoms. The highest BCUT2D eigenvalue weighted by atomic mass is 16.2. The van der Waals surface area contributed by atoms with E-state index in [0.29, 0.717) is 19.5 Å². The molecule has 0 bridgehead atoms. The van der Waals surface area contributed by atoms with Crippen LogP contribution in [-0.4, -0.2) is 21.9 Å². The Kier molecular flexibility index (Phi) is 3.99. The number of fused-ring (bicyclic) bond motifs is 2. The largest absolute Gasteiger partial charge is 0.350 e. The van der Waals surface area contributed by atoms with Crippen LogP contribution in [0.4, 0.5) is 0 Å². The van der Waals surface area contributed by atoms with Crippen molar-refractivity contribution in [2.24, 2.45) is 0 Å². The average Bonchev–Trinajstić information content (AvgIpc) is 3.07. The van der Waals surface area contributed by atoms with E-state index >= 15 is 0 Å². The number of rotatable bonds is 3. The van der Waals surface area contributed by atoms with E-state index in [1.807, 2.05) is 53.6 Å². The molecule has 0 fully saturated rings. The molecule has 0 radical (unpaired) electrons. The SMILES string of the molecule is N#CCCn1ccc2c1CCN(C(=O)c1cccc3ccccc13)C2. The molecule has 0 N–H and O–H groups in total. The Hall–Kier alpha value is -3.06. The number of aromatic nitrogens is 1. The summed E-state index contributed by atoms with van der Waals surface area (Å²) in [7, 11) is 0. The fourth-order valence-electron chi connectivity index (χ4n) is 3.66. The molecule has 1 amide bonds. The molecule has 4 rings (SSSR count). The molecule has 0 saturated heterocycles. The minimum Gasteiger partial charge on any atom is -0.350 e. The highest BCUT2D eigenvalue weighted by molar-refractivity contribution is 6.07. The van der Waals surface area contributed by atoms with Crippen LogP contribution in [0, 0.1) is 11.3 Å². The van der Waals surface area contributed by atoms with Crippen LogP contribution in [0.2, 0.25) is 0 Å². The number of nitrogens with zero attached hydrogens (tertiary/aromatic N) is 3. The Morgan fingerprint density at radius 2 is 1.96 bits per heavy atom. The number of carbonyl (C=O) groups is 1. The lowest BCUT2D eigenvalue weighted by Gasteiger charge is -2.28. The second kappa shape index (κ2) is 6.45. The van der Waals surface area contributed by atoms with Crippen LogP contribution in [0.25, 0.3) is 10.8 Å². The van der Waals surface area contributed by atoms with Gasteiger partial charge in [0.15, 0.2) is 0 Å². The predicted molar refractivity (Wildman–Crippen MR) is 97.1 cm³/mol. The van der Waals surface area contributed by atoms with Crippen molar-refractivity contribution in [3.05, 3.63) is 71.5 Å². The van der Waals surface area contributed by atoms with Gasteiger partial charge in [0.1, 0.15) is 0 Å². The third-order valence-corrected chi connectivity index (χ3v) is 4.92. The Labute approximate surface area is 146 Å². The first-order chi connectivity index (χ1) is 12.3. The molecule has 0 unspecified atom stereocenters. The van der Waals surface area contributed by atoms with Crippen LogP contribution < -0.4 is 0 Å². The van der Waals surface area contributed by atoms with Gasteiger partial charge in [-0.2, -0.15) is 5.26 Å². The van der Waals surface area contributed by atoms with E-state index in [1.54, 1.807) is 0 Å². The zero-order valence-corrected chi connectivity index (χ0v) is 14.0. The van der Waals surface area contributed by atoms with Gasteiger partial charge in [-0.1, -0.05) is 36.4 Å². The lowest BCUT2D eigenvalue weighted by molar-refractivity contribution is 0.0735. The van der Waals surface area contributed by atoms with Crippen molar-refractivity contribution >= 4 is 16.7 Å². The number of amides is 1. The van der Waals surface area contributed by atoms with Gasteiger partial charge in [-0.15, -0.1) is 0 Å². The fraction of sp³-hybridized carbons (Fsp3) is 0.238. The zero-order chi connectivity index (χ0) is 17.2. The van der Waals surface area contributed by atoms with E-state index in [-0.39, 0.29) is 5.91 Å². The minimum atomic E-state index is 0.0900. The quantitative estimate of drug-likeness (QED) is 0.735. The van der Waals surface area contributed by atoms with Gasteiger partial charge >= 0.3 is 0 Å². The van der Waals surface area contributed by atoms with Crippen molar-refractivity contribution in [3.63, 3.8) is 0 Å². The van der Waals surface area contributed by atoms with Gasteiger partial charge < -0.3 is 9.47 Å². The summed E-state index contributed by atoms with van der Waals surface area (Å²) in [6.07, 6.45) is 3.39. The molecule has 2 aromatic carbocycles. The second-order valence-electron chi connectivity index (χ2n) is 6.39. The van der Waals surface area contributed by atoms with E-state index in [0.717, 1.165) is 29.3 Å². The maximum Gasteiger partial charge on any atom is 0.254 e. The van der Waals surface area contributed by atoms with Gasteiger partial charge in [-0.25, -0.2) is 0 Å². The van der Waals surface area contributed by atoms with Crippen LogP contribution in [0.5, 0.6) is 0 Å². The highest BCUT2D eigenvalue weighted by Gasteiger charge is 2.24. The van der Waals surface area contributed by atoms with E-state index in [9.17, 15) is 4.79 Å².